The van der Waals surface area contributed by atoms with Crippen molar-refractivity contribution in [3.8, 4) is 0 Å². The topological polar surface area (TPSA) is 51.1 Å². The van der Waals surface area contributed by atoms with Crippen molar-refractivity contribution in [2.24, 2.45) is 0 Å². The van der Waals surface area contributed by atoms with Gasteiger partial charge in [0.25, 0.3) is 0 Å². The molecule has 0 atom stereocenters. The summed E-state index contributed by atoms with van der Waals surface area (Å²) in [4.78, 5) is 0. The Balaban J connectivity index is 1.95. The number of anilines is 2. The Kier molecular flexibility index (Phi) is 4.48. The van der Waals surface area contributed by atoms with Gasteiger partial charge in [0.15, 0.2) is 5.11 Å². The molecule has 100 valence electrons. The number of ether oxygens (including phenoxy) is 1. The van der Waals surface area contributed by atoms with Gasteiger partial charge in [-0.2, -0.15) is 5.10 Å². The van der Waals surface area contributed by atoms with Crippen molar-refractivity contribution < 1.29 is 4.74 Å². The monoisotopic (exact) mass is 276 g/mol. The van der Waals surface area contributed by atoms with Gasteiger partial charge in [-0.05, 0) is 30.8 Å². The summed E-state index contributed by atoms with van der Waals surface area (Å²) < 4.78 is 6.66. The quantitative estimate of drug-likeness (QED) is 0.841. The molecule has 0 bridgehead atoms. The number of thiocarbonyl (C=S) groups is 1. The summed E-state index contributed by atoms with van der Waals surface area (Å²) in [6.45, 7) is 2.45. The minimum Gasteiger partial charge on any atom is -0.362 e. The largest absolute Gasteiger partial charge is 0.362 e. The molecule has 1 aromatic carbocycles. The lowest BCUT2D eigenvalue weighted by Crippen LogP contribution is -2.19. The molecule has 1 aromatic heterocycles. The zero-order chi connectivity index (χ0) is 13.7. The summed E-state index contributed by atoms with van der Waals surface area (Å²) in [5.74, 6) is 0. The molecule has 0 aliphatic carbocycles. The number of aromatic nitrogens is 2. The van der Waals surface area contributed by atoms with Crippen LogP contribution in [0.5, 0.6) is 0 Å². The fraction of sp³-hybridized carbons (Fsp3) is 0.231. The lowest BCUT2D eigenvalue weighted by molar-refractivity contribution is 0.120. The number of nitrogens with zero attached hydrogens (tertiary/aromatic N) is 2. The van der Waals surface area contributed by atoms with E-state index in [2.05, 4.69) is 15.7 Å². The molecule has 0 spiro atoms. The van der Waals surface area contributed by atoms with E-state index in [0.29, 0.717) is 11.8 Å². The first-order valence-electron chi connectivity index (χ1n) is 5.84. The Morgan fingerprint density at radius 3 is 2.89 bits per heavy atom. The predicted molar refractivity (Wildman–Crippen MR) is 80.3 cm³/mol. The van der Waals surface area contributed by atoms with Crippen LogP contribution in [-0.4, -0.2) is 22.0 Å². The molecule has 0 unspecified atom stereocenters. The first-order chi connectivity index (χ1) is 9.19. The smallest absolute Gasteiger partial charge is 0.175 e. The number of methoxy groups -OCH3 is 1. The van der Waals surface area contributed by atoms with Crippen LogP contribution < -0.4 is 10.6 Å². The summed E-state index contributed by atoms with van der Waals surface area (Å²) >= 11 is 5.26. The molecular formula is C13H16N4OS. The average molecular weight is 276 g/mol. The van der Waals surface area contributed by atoms with E-state index in [0.717, 1.165) is 16.9 Å². The first kappa shape index (κ1) is 13.5. The van der Waals surface area contributed by atoms with Crippen LogP contribution in [0.1, 0.15) is 5.56 Å². The lowest BCUT2D eigenvalue weighted by Gasteiger charge is -2.10. The molecule has 0 aliphatic rings. The van der Waals surface area contributed by atoms with Crippen LogP contribution in [-0.2, 0) is 11.5 Å². The molecule has 0 saturated heterocycles. The molecular weight excluding hydrogens is 260 g/mol. The van der Waals surface area contributed by atoms with Gasteiger partial charge in [0, 0.05) is 12.8 Å². The van der Waals surface area contributed by atoms with E-state index >= 15 is 0 Å². The van der Waals surface area contributed by atoms with Gasteiger partial charge in [0.05, 0.1) is 18.1 Å². The van der Waals surface area contributed by atoms with Crippen LogP contribution in [0.15, 0.2) is 36.7 Å². The maximum Gasteiger partial charge on any atom is 0.175 e. The number of rotatable bonds is 4. The summed E-state index contributed by atoms with van der Waals surface area (Å²) in [5, 5.41) is 10.9. The highest BCUT2D eigenvalue weighted by atomic mass is 32.1. The Morgan fingerprint density at radius 1 is 1.37 bits per heavy atom. The van der Waals surface area contributed by atoms with Crippen LogP contribution in [0, 0.1) is 6.92 Å². The van der Waals surface area contributed by atoms with E-state index in [1.807, 2.05) is 37.4 Å². The standard InChI is InChI=1S/C13H16N4OS/c1-10-5-3-4-6-12(10)16-13(19)15-11-7-14-17(8-11)9-18-2/h3-8H,9H2,1-2H3,(H2,15,16,19). The maximum atomic E-state index is 5.26. The highest BCUT2D eigenvalue weighted by Gasteiger charge is 2.03. The Bertz CT molecular complexity index is 567. The average Bonchev–Trinajstić information content (AvgIpc) is 2.80. The molecule has 0 radical (unpaired) electrons. The highest BCUT2D eigenvalue weighted by molar-refractivity contribution is 7.80. The zero-order valence-electron chi connectivity index (χ0n) is 10.9. The van der Waals surface area contributed by atoms with Gasteiger partial charge >= 0.3 is 0 Å². The van der Waals surface area contributed by atoms with Gasteiger partial charge < -0.3 is 15.4 Å². The van der Waals surface area contributed by atoms with Crippen LogP contribution >= 0.6 is 12.2 Å². The summed E-state index contributed by atoms with van der Waals surface area (Å²) in [5.41, 5.74) is 2.95. The maximum absolute atomic E-state index is 5.26. The van der Waals surface area contributed by atoms with E-state index in [9.17, 15) is 0 Å². The summed E-state index contributed by atoms with van der Waals surface area (Å²) in [6.07, 6.45) is 3.53. The molecule has 5 nitrogen and oxygen atoms in total. The van der Waals surface area contributed by atoms with Crippen molar-refractivity contribution in [3.05, 3.63) is 42.2 Å². The summed E-state index contributed by atoms with van der Waals surface area (Å²) in [6, 6.07) is 7.97. The molecule has 2 rings (SSSR count). The molecule has 1 heterocycles. The number of aryl methyl sites for hydroxylation is 1. The molecule has 0 amide bonds. The first-order valence-corrected chi connectivity index (χ1v) is 6.25. The van der Waals surface area contributed by atoms with Gasteiger partial charge in [-0.15, -0.1) is 0 Å². The van der Waals surface area contributed by atoms with Crippen LogP contribution in [0.25, 0.3) is 0 Å². The number of hydrogen-bond acceptors (Lipinski definition) is 3. The molecule has 0 saturated carbocycles. The van der Waals surface area contributed by atoms with Crippen LogP contribution in [0.3, 0.4) is 0 Å². The van der Waals surface area contributed by atoms with Crippen molar-refractivity contribution in [2.75, 3.05) is 17.7 Å². The van der Waals surface area contributed by atoms with Gasteiger partial charge in [-0.3, -0.25) is 0 Å². The number of hydrogen-bond donors (Lipinski definition) is 2. The van der Waals surface area contributed by atoms with E-state index in [-0.39, 0.29) is 0 Å². The molecule has 6 heteroatoms. The zero-order valence-corrected chi connectivity index (χ0v) is 11.7. The highest BCUT2D eigenvalue weighted by Crippen LogP contribution is 2.14. The molecule has 0 fully saturated rings. The molecule has 2 N–H and O–H groups in total. The van der Waals surface area contributed by atoms with Gasteiger partial charge in [-0.1, -0.05) is 18.2 Å². The second-order valence-electron chi connectivity index (χ2n) is 4.08. The van der Waals surface area contributed by atoms with E-state index in [4.69, 9.17) is 17.0 Å². The molecule has 0 aliphatic heterocycles. The number of para-hydroxylation sites is 1. The number of benzene rings is 1. The fourth-order valence-electron chi connectivity index (χ4n) is 1.63. The van der Waals surface area contributed by atoms with Crippen molar-refractivity contribution in [3.63, 3.8) is 0 Å². The normalized spacial score (nSPS) is 10.2. The van der Waals surface area contributed by atoms with Gasteiger partial charge in [0.1, 0.15) is 6.73 Å². The minimum atomic E-state index is 0.416. The second-order valence-corrected chi connectivity index (χ2v) is 4.49. The van der Waals surface area contributed by atoms with E-state index < -0.39 is 0 Å². The third-order valence-electron chi connectivity index (χ3n) is 2.55. The number of nitrogens with one attached hydrogen (secondary N) is 2. The molecule has 2 aromatic rings. The molecule has 19 heavy (non-hydrogen) atoms. The SMILES string of the molecule is COCn1cc(NC(=S)Nc2ccccc2C)cn1. The lowest BCUT2D eigenvalue weighted by atomic mass is 10.2. The van der Waals surface area contributed by atoms with Crippen molar-refractivity contribution in [1.29, 1.82) is 0 Å². The van der Waals surface area contributed by atoms with Crippen LogP contribution in [0.4, 0.5) is 11.4 Å². The van der Waals surface area contributed by atoms with Gasteiger partial charge in [0.2, 0.25) is 0 Å². The third-order valence-corrected chi connectivity index (χ3v) is 2.75. The fourth-order valence-corrected chi connectivity index (χ4v) is 1.86. The van der Waals surface area contributed by atoms with Crippen LogP contribution in [0.2, 0.25) is 0 Å². The Labute approximate surface area is 117 Å². The van der Waals surface area contributed by atoms with E-state index in [1.165, 1.54) is 0 Å². The predicted octanol–water partition coefficient (Wildman–Crippen LogP) is 2.60. The van der Waals surface area contributed by atoms with Crippen molar-refractivity contribution >= 4 is 28.7 Å². The Hall–Kier alpha value is -1.92. The van der Waals surface area contributed by atoms with Crippen molar-refractivity contribution in [2.45, 2.75) is 13.7 Å². The Morgan fingerprint density at radius 2 is 2.16 bits per heavy atom. The minimum absolute atomic E-state index is 0.416. The van der Waals surface area contributed by atoms with Crippen molar-refractivity contribution in [1.82, 2.24) is 9.78 Å². The van der Waals surface area contributed by atoms with Gasteiger partial charge in [-0.25, -0.2) is 4.68 Å². The second kappa shape index (κ2) is 6.31. The third kappa shape index (κ3) is 3.77. The van der Waals surface area contributed by atoms with E-state index in [1.54, 1.807) is 18.0 Å². The summed E-state index contributed by atoms with van der Waals surface area (Å²) in [7, 11) is 1.62.